The number of carboxylic acids is 1. The fourth-order valence-electron chi connectivity index (χ4n) is 2.78. The van der Waals surface area contributed by atoms with E-state index in [2.05, 4.69) is 0 Å². The number of amides is 1. The van der Waals surface area contributed by atoms with Gasteiger partial charge in [-0.25, -0.2) is 4.39 Å². The van der Waals surface area contributed by atoms with Crippen molar-refractivity contribution in [3.05, 3.63) is 35.2 Å². The lowest BCUT2D eigenvalue weighted by Crippen LogP contribution is -2.36. The van der Waals surface area contributed by atoms with Gasteiger partial charge >= 0.3 is 5.97 Å². The van der Waals surface area contributed by atoms with Gasteiger partial charge in [0.25, 0.3) is 5.91 Å². The van der Waals surface area contributed by atoms with Crippen molar-refractivity contribution in [1.29, 1.82) is 0 Å². The van der Waals surface area contributed by atoms with Gasteiger partial charge in [0.05, 0.1) is 11.0 Å². The van der Waals surface area contributed by atoms with Gasteiger partial charge in [0.2, 0.25) is 0 Å². The number of rotatable bonds is 2. The van der Waals surface area contributed by atoms with Gasteiger partial charge in [-0.2, -0.15) is 0 Å². The summed E-state index contributed by atoms with van der Waals surface area (Å²) in [5, 5.41) is 9.22. The Balaban J connectivity index is 1.81. The Hall–Kier alpha value is -2.37. The third kappa shape index (κ3) is 2.45. The molecule has 1 unspecified atom stereocenters. The first-order valence-electron chi connectivity index (χ1n) is 7.05. The molecule has 2 heterocycles. The number of benzene rings is 1. The van der Waals surface area contributed by atoms with E-state index in [1.807, 2.05) is 0 Å². The Labute approximate surface area is 127 Å². The number of halogens is 1. The predicted molar refractivity (Wildman–Crippen MR) is 76.8 cm³/mol. The van der Waals surface area contributed by atoms with Crippen molar-refractivity contribution in [2.45, 2.75) is 13.3 Å². The van der Waals surface area contributed by atoms with Crippen LogP contribution >= 0.6 is 0 Å². The Bertz CT molecular complexity index is 685. The van der Waals surface area contributed by atoms with Crippen LogP contribution in [-0.4, -0.2) is 41.6 Å². The van der Waals surface area contributed by atoms with Crippen molar-refractivity contribution in [1.82, 2.24) is 4.90 Å². The molecule has 1 amide bonds. The monoisotopic (exact) mass is 305 g/mol. The average molecular weight is 305 g/mol. The molecule has 2 aliphatic heterocycles. The SMILES string of the molecule is CC1(C(=O)O)CCN(C(=O)C2=Cc3cc(F)ccc3OC2)C1. The summed E-state index contributed by atoms with van der Waals surface area (Å²) in [4.78, 5) is 25.3. The number of likely N-dealkylation sites (tertiary alicyclic amines) is 1. The maximum atomic E-state index is 13.3. The summed E-state index contributed by atoms with van der Waals surface area (Å²) in [6.07, 6.45) is 2.04. The van der Waals surface area contributed by atoms with Crippen LogP contribution in [0.3, 0.4) is 0 Å². The molecule has 1 atom stereocenters. The molecule has 1 N–H and O–H groups in total. The molecule has 0 radical (unpaired) electrons. The van der Waals surface area contributed by atoms with E-state index in [0.29, 0.717) is 29.9 Å². The largest absolute Gasteiger partial charge is 0.488 e. The highest BCUT2D eigenvalue weighted by Crippen LogP contribution is 2.33. The van der Waals surface area contributed by atoms with Crippen LogP contribution in [0.15, 0.2) is 23.8 Å². The highest BCUT2D eigenvalue weighted by molar-refractivity contribution is 5.99. The Morgan fingerprint density at radius 1 is 1.41 bits per heavy atom. The highest BCUT2D eigenvalue weighted by Gasteiger charge is 2.42. The van der Waals surface area contributed by atoms with Gasteiger partial charge in [-0.3, -0.25) is 9.59 Å². The van der Waals surface area contributed by atoms with Crippen molar-refractivity contribution in [2.24, 2.45) is 5.41 Å². The summed E-state index contributed by atoms with van der Waals surface area (Å²) in [5.41, 5.74) is 0.0259. The quantitative estimate of drug-likeness (QED) is 0.906. The molecule has 1 aromatic rings. The predicted octanol–water partition coefficient (Wildman–Crippen LogP) is 1.92. The first-order valence-corrected chi connectivity index (χ1v) is 7.05. The third-order valence-electron chi connectivity index (χ3n) is 4.24. The second-order valence-corrected chi connectivity index (χ2v) is 5.98. The van der Waals surface area contributed by atoms with Crippen molar-refractivity contribution in [2.75, 3.05) is 19.7 Å². The molecular weight excluding hydrogens is 289 g/mol. The summed E-state index contributed by atoms with van der Waals surface area (Å²) >= 11 is 0. The number of hydrogen-bond acceptors (Lipinski definition) is 3. The van der Waals surface area contributed by atoms with Gasteiger partial charge in [-0.1, -0.05) is 0 Å². The van der Waals surface area contributed by atoms with Crippen LogP contribution < -0.4 is 4.74 Å². The molecule has 5 nitrogen and oxygen atoms in total. The zero-order valence-corrected chi connectivity index (χ0v) is 12.1. The van der Waals surface area contributed by atoms with E-state index in [1.54, 1.807) is 13.0 Å². The van der Waals surface area contributed by atoms with E-state index >= 15 is 0 Å². The molecular formula is C16H16FNO4. The molecule has 22 heavy (non-hydrogen) atoms. The second-order valence-electron chi connectivity index (χ2n) is 5.98. The molecule has 0 spiro atoms. The number of ether oxygens (including phenoxy) is 1. The molecule has 1 saturated heterocycles. The van der Waals surface area contributed by atoms with Crippen LogP contribution in [-0.2, 0) is 9.59 Å². The number of carbonyl (C=O) groups is 2. The number of nitrogens with zero attached hydrogens (tertiary/aromatic N) is 1. The third-order valence-corrected chi connectivity index (χ3v) is 4.24. The number of hydrogen-bond donors (Lipinski definition) is 1. The van der Waals surface area contributed by atoms with E-state index in [0.717, 1.165) is 0 Å². The number of carboxylic acid groups (broad SMARTS) is 1. The second kappa shape index (κ2) is 5.12. The minimum Gasteiger partial charge on any atom is -0.488 e. The molecule has 116 valence electrons. The van der Waals surface area contributed by atoms with Gasteiger partial charge in [0.15, 0.2) is 0 Å². The Kier molecular flexibility index (Phi) is 3.39. The van der Waals surface area contributed by atoms with Gasteiger partial charge in [-0.15, -0.1) is 0 Å². The van der Waals surface area contributed by atoms with Gasteiger partial charge in [0, 0.05) is 18.7 Å². The lowest BCUT2D eigenvalue weighted by Gasteiger charge is -2.23. The van der Waals surface area contributed by atoms with Crippen LogP contribution in [0.1, 0.15) is 18.9 Å². The van der Waals surface area contributed by atoms with Crippen LogP contribution in [0.2, 0.25) is 0 Å². The Morgan fingerprint density at radius 2 is 2.18 bits per heavy atom. The lowest BCUT2D eigenvalue weighted by atomic mass is 9.90. The zero-order chi connectivity index (χ0) is 15.9. The van der Waals surface area contributed by atoms with E-state index < -0.39 is 17.2 Å². The zero-order valence-electron chi connectivity index (χ0n) is 12.1. The average Bonchev–Trinajstić information content (AvgIpc) is 2.89. The fraction of sp³-hybridized carbons (Fsp3) is 0.375. The Morgan fingerprint density at radius 3 is 2.86 bits per heavy atom. The normalized spacial score (nSPS) is 23.5. The summed E-state index contributed by atoms with van der Waals surface area (Å²) < 4.78 is 18.7. The standard InChI is InChI=1S/C16H16FNO4/c1-16(15(20)21)4-5-18(9-16)14(19)11-6-10-7-12(17)2-3-13(10)22-8-11/h2-3,6-7H,4-5,8-9H2,1H3,(H,20,21). The molecule has 0 bridgehead atoms. The number of fused-ring (bicyclic) bond motifs is 1. The summed E-state index contributed by atoms with van der Waals surface area (Å²) in [5.74, 6) is -1.01. The molecule has 1 aromatic carbocycles. The van der Waals surface area contributed by atoms with Crippen molar-refractivity contribution in [3.8, 4) is 5.75 Å². The summed E-state index contributed by atoms with van der Waals surface area (Å²) in [7, 11) is 0. The number of aliphatic carboxylic acids is 1. The number of carbonyl (C=O) groups excluding carboxylic acids is 1. The summed E-state index contributed by atoms with van der Waals surface area (Å²) in [6, 6.07) is 4.14. The first-order chi connectivity index (χ1) is 10.4. The van der Waals surface area contributed by atoms with Crippen LogP contribution in [0, 0.1) is 11.2 Å². The minimum absolute atomic E-state index is 0.109. The topological polar surface area (TPSA) is 66.8 Å². The first kappa shape index (κ1) is 14.6. The van der Waals surface area contributed by atoms with Gasteiger partial charge < -0.3 is 14.7 Å². The highest BCUT2D eigenvalue weighted by atomic mass is 19.1. The van der Waals surface area contributed by atoms with E-state index in [-0.39, 0.29) is 19.1 Å². The van der Waals surface area contributed by atoms with Crippen molar-refractivity contribution < 1.29 is 23.8 Å². The fourth-order valence-corrected chi connectivity index (χ4v) is 2.78. The molecule has 6 heteroatoms. The van der Waals surface area contributed by atoms with Crippen LogP contribution in [0.25, 0.3) is 6.08 Å². The molecule has 0 aromatic heterocycles. The molecule has 2 aliphatic rings. The van der Waals surface area contributed by atoms with Gasteiger partial charge in [-0.05, 0) is 37.6 Å². The minimum atomic E-state index is -0.907. The maximum absolute atomic E-state index is 13.3. The van der Waals surface area contributed by atoms with Gasteiger partial charge in [0.1, 0.15) is 18.2 Å². The molecule has 1 fully saturated rings. The summed E-state index contributed by atoms with van der Waals surface area (Å²) in [6.45, 7) is 2.32. The smallest absolute Gasteiger partial charge is 0.311 e. The molecule has 3 rings (SSSR count). The van der Waals surface area contributed by atoms with E-state index in [9.17, 15) is 19.1 Å². The van der Waals surface area contributed by atoms with E-state index in [4.69, 9.17) is 4.74 Å². The van der Waals surface area contributed by atoms with Crippen LogP contribution in [0.4, 0.5) is 4.39 Å². The van der Waals surface area contributed by atoms with Crippen molar-refractivity contribution in [3.63, 3.8) is 0 Å². The van der Waals surface area contributed by atoms with Crippen LogP contribution in [0.5, 0.6) is 5.75 Å². The molecule has 0 aliphatic carbocycles. The van der Waals surface area contributed by atoms with E-state index in [1.165, 1.54) is 23.1 Å². The molecule has 0 saturated carbocycles. The van der Waals surface area contributed by atoms with Crippen molar-refractivity contribution >= 4 is 18.0 Å². The maximum Gasteiger partial charge on any atom is 0.311 e. The lowest BCUT2D eigenvalue weighted by molar-refractivity contribution is -0.147.